The first-order chi connectivity index (χ1) is 7.97. The highest BCUT2D eigenvalue weighted by molar-refractivity contribution is 5.94. The molecule has 0 aliphatic heterocycles. The van der Waals surface area contributed by atoms with Gasteiger partial charge < -0.3 is 10.0 Å². The Morgan fingerprint density at radius 3 is 2.71 bits per heavy atom. The first-order valence-electron chi connectivity index (χ1n) is 5.70. The molecule has 0 aromatic heterocycles. The molecule has 1 aromatic rings. The molecule has 1 rings (SSSR count). The Hall–Kier alpha value is -1.58. The second-order valence-electron chi connectivity index (χ2n) is 4.34. The maximum atomic E-state index is 13.7. The van der Waals surface area contributed by atoms with E-state index in [0.29, 0.717) is 12.5 Å². The Labute approximate surface area is 101 Å². The van der Waals surface area contributed by atoms with Gasteiger partial charge in [-0.1, -0.05) is 26.3 Å². The lowest BCUT2D eigenvalue weighted by atomic mass is 10.1. The van der Waals surface area contributed by atoms with Gasteiger partial charge in [0.25, 0.3) is 0 Å². The molecule has 0 saturated carbocycles. The molecule has 0 radical (unpaired) electrons. The van der Waals surface area contributed by atoms with E-state index in [-0.39, 0.29) is 11.3 Å². The Morgan fingerprint density at radius 2 is 2.18 bits per heavy atom. The number of para-hydroxylation sites is 1. The molecule has 17 heavy (non-hydrogen) atoms. The molecule has 0 aliphatic carbocycles. The minimum absolute atomic E-state index is 0.0100. The van der Waals surface area contributed by atoms with Gasteiger partial charge in [-0.2, -0.15) is 0 Å². The van der Waals surface area contributed by atoms with Crippen molar-refractivity contribution in [3.8, 4) is 0 Å². The van der Waals surface area contributed by atoms with Gasteiger partial charge in [0.15, 0.2) is 0 Å². The van der Waals surface area contributed by atoms with Crippen LogP contribution in [-0.2, 0) is 0 Å². The van der Waals surface area contributed by atoms with E-state index < -0.39 is 11.8 Å². The van der Waals surface area contributed by atoms with Gasteiger partial charge in [-0.15, -0.1) is 0 Å². The van der Waals surface area contributed by atoms with Crippen molar-refractivity contribution in [2.24, 2.45) is 5.92 Å². The molecular formula is C13H18FNO2. The highest BCUT2D eigenvalue weighted by atomic mass is 19.1. The highest BCUT2D eigenvalue weighted by Crippen LogP contribution is 2.24. The zero-order chi connectivity index (χ0) is 13.0. The number of nitrogens with zero attached hydrogens (tertiary/aromatic N) is 1. The van der Waals surface area contributed by atoms with Crippen LogP contribution in [0, 0.1) is 11.7 Å². The lowest BCUT2D eigenvalue weighted by molar-refractivity contribution is 0.0697. The van der Waals surface area contributed by atoms with Crippen LogP contribution in [0.2, 0.25) is 0 Å². The molecule has 0 heterocycles. The van der Waals surface area contributed by atoms with Crippen LogP contribution < -0.4 is 4.90 Å². The largest absolute Gasteiger partial charge is 0.478 e. The highest BCUT2D eigenvalue weighted by Gasteiger charge is 2.18. The number of benzene rings is 1. The third kappa shape index (κ3) is 3.19. The Bertz CT molecular complexity index is 406. The minimum atomic E-state index is -1.10. The van der Waals surface area contributed by atoms with Gasteiger partial charge in [0, 0.05) is 13.6 Å². The molecule has 94 valence electrons. The molecule has 0 bridgehead atoms. The van der Waals surface area contributed by atoms with Crippen molar-refractivity contribution in [1.29, 1.82) is 0 Å². The topological polar surface area (TPSA) is 40.5 Å². The molecule has 0 spiro atoms. The smallest absolute Gasteiger partial charge is 0.337 e. The molecule has 1 N–H and O–H groups in total. The van der Waals surface area contributed by atoms with Crippen LogP contribution in [0.15, 0.2) is 18.2 Å². The molecule has 1 unspecified atom stereocenters. The van der Waals surface area contributed by atoms with Gasteiger partial charge in [-0.3, -0.25) is 0 Å². The second-order valence-corrected chi connectivity index (χ2v) is 4.34. The Morgan fingerprint density at radius 1 is 1.53 bits per heavy atom. The quantitative estimate of drug-likeness (QED) is 0.858. The summed E-state index contributed by atoms with van der Waals surface area (Å²) < 4.78 is 13.7. The van der Waals surface area contributed by atoms with E-state index in [1.807, 2.05) is 0 Å². The third-order valence-corrected chi connectivity index (χ3v) is 2.88. The van der Waals surface area contributed by atoms with Crippen LogP contribution in [0.25, 0.3) is 0 Å². The molecule has 0 amide bonds. The van der Waals surface area contributed by atoms with Crippen LogP contribution in [0.5, 0.6) is 0 Å². The van der Waals surface area contributed by atoms with Gasteiger partial charge in [0.1, 0.15) is 5.82 Å². The van der Waals surface area contributed by atoms with Crippen LogP contribution >= 0.6 is 0 Å². The van der Waals surface area contributed by atoms with Gasteiger partial charge >= 0.3 is 5.97 Å². The first-order valence-corrected chi connectivity index (χ1v) is 5.70. The molecule has 1 atom stereocenters. The van der Waals surface area contributed by atoms with Crippen LogP contribution in [0.4, 0.5) is 10.1 Å². The molecule has 1 aromatic carbocycles. The summed E-state index contributed by atoms with van der Waals surface area (Å²) in [5.41, 5.74) is 0.177. The maximum Gasteiger partial charge on any atom is 0.337 e. The summed E-state index contributed by atoms with van der Waals surface area (Å²) in [7, 11) is 1.72. The van der Waals surface area contributed by atoms with Gasteiger partial charge in [0.2, 0.25) is 0 Å². The Kier molecular flexibility index (Phi) is 4.49. The average Bonchev–Trinajstić information content (AvgIpc) is 2.28. The van der Waals surface area contributed by atoms with E-state index in [9.17, 15) is 9.18 Å². The van der Waals surface area contributed by atoms with Crippen molar-refractivity contribution < 1.29 is 14.3 Å². The molecule has 0 aliphatic rings. The minimum Gasteiger partial charge on any atom is -0.478 e. The number of halogens is 1. The van der Waals surface area contributed by atoms with Crippen molar-refractivity contribution in [3.63, 3.8) is 0 Å². The lowest BCUT2D eigenvalue weighted by Gasteiger charge is -2.24. The van der Waals surface area contributed by atoms with E-state index >= 15 is 0 Å². The van der Waals surface area contributed by atoms with Gasteiger partial charge in [0.05, 0.1) is 11.3 Å². The first kappa shape index (κ1) is 13.5. The van der Waals surface area contributed by atoms with Crippen molar-refractivity contribution in [2.45, 2.75) is 20.3 Å². The summed E-state index contributed by atoms with van der Waals surface area (Å²) in [6.07, 6.45) is 0.973. The lowest BCUT2D eigenvalue weighted by Crippen LogP contribution is -2.26. The fourth-order valence-corrected chi connectivity index (χ4v) is 1.76. The summed E-state index contributed by atoms with van der Waals surface area (Å²) in [4.78, 5) is 12.7. The van der Waals surface area contributed by atoms with Crippen molar-refractivity contribution in [3.05, 3.63) is 29.6 Å². The molecule has 0 saturated heterocycles. The number of aromatic carboxylic acids is 1. The summed E-state index contributed by atoms with van der Waals surface area (Å²) in [6.45, 7) is 4.74. The number of anilines is 1. The van der Waals surface area contributed by atoms with Crippen molar-refractivity contribution in [1.82, 2.24) is 0 Å². The molecular weight excluding hydrogens is 221 g/mol. The maximum absolute atomic E-state index is 13.7. The van der Waals surface area contributed by atoms with E-state index in [1.165, 1.54) is 18.2 Å². The van der Waals surface area contributed by atoms with E-state index in [1.54, 1.807) is 11.9 Å². The standard InChI is InChI=1S/C13H18FNO2/c1-4-9(2)8-15(3)12-10(13(16)17)6-5-7-11(12)14/h5-7,9H,4,8H2,1-3H3,(H,16,17). The number of rotatable bonds is 5. The zero-order valence-corrected chi connectivity index (χ0v) is 10.4. The number of carboxylic acid groups (broad SMARTS) is 1. The van der Waals surface area contributed by atoms with Gasteiger partial charge in [-0.25, -0.2) is 9.18 Å². The molecule has 0 fully saturated rings. The second kappa shape index (κ2) is 5.66. The monoisotopic (exact) mass is 239 g/mol. The molecule has 3 nitrogen and oxygen atoms in total. The number of carboxylic acids is 1. The number of hydrogen-bond donors (Lipinski definition) is 1. The van der Waals surface area contributed by atoms with Crippen LogP contribution in [-0.4, -0.2) is 24.7 Å². The summed E-state index contributed by atoms with van der Waals surface area (Å²) in [5.74, 6) is -1.20. The normalized spacial score (nSPS) is 12.2. The summed E-state index contributed by atoms with van der Waals surface area (Å²) in [6, 6.07) is 4.13. The Balaban J connectivity index is 3.06. The predicted molar refractivity (Wildman–Crippen MR) is 66.1 cm³/mol. The summed E-state index contributed by atoms with van der Waals surface area (Å²) >= 11 is 0. The number of carbonyl (C=O) groups is 1. The fraction of sp³-hybridized carbons (Fsp3) is 0.462. The zero-order valence-electron chi connectivity index (χ0n) is 10.4. The fourth-order valence-electron chi connectivity index (χ4n) is 1.76. The molecule has 4 heteroatoms. The average molecular weight is 239 g/mol. The van der Waals surface area contributed by atoms with Crippen LogP contribution in [0.1, 0.15) is 30.6 Å². The van der Waals surface area contributed by atoms with E-state index in [2.05, 4.69) is 13.8 Å². The van der Waals surface area contributed by atoms with E-state index in [4.69, 9.17) is 5.11 Å². The van der Waals surface area contributed by atoms with Crippen molar-refractivity contribution in [2.75, 3.05) is 18.5 Å². The van der Waals surface area contributed by atoms with E-state index in [0.717, 1.165) is 6.42 Å². The van der Waals surface area contributed by atoms with Crippen LogP contribution in [0.3, 0.4) is 0 Å². The van der Waals surface area contributed by atoms with Gasteiger partial charge in [-0.05, 0) is 18.1 Å². The SMILES string of the molecule is CCC(C)CN(C)c1c(F)cccc1C(=O)O. The predicted octanol–water partition coefficient (Wildman–Crippen LogP) is 3.01. The number of hydrogen-bond acceptors (Lipinski definition) is 2. The van der Waals surface area contributed by atoms with Crippen molar-refractivity contribution >= 4 is 11.7 Å². The third-order valence-electron chi connectivity index (χ3n) is 2.88. The summed E-state index contributed by atoms with van der Waals surface area (Å²) in [5, 5.41) is 9.04.